The van der Waals surface area contributed by atoms with Crippen LogP contribution in [0.2, 0.25) is 0 Å². The molecule has 1 saturated heterocycles. The normalized spacial score (nSPS) is 46.1. The summed E-state index contributed by atoms with van der Waals surface area (Å²) >= 11 is 0. The first-order valence-corrected chi connectivity index (χ1v) is 7.47. The van der Waals surface area contributed by atoms with E-state index in [1.165, 1.54) is 12.8 Å². The van der Waals surface area contributed by atoms with E-state index < -0.39 is 9.84 Å². The van der Waals surface area contributed by atoms with Gasteiger partial charge in [0.1, 0.15) is 0 Å². The van der Waals surface area contributed by atoms with Crippen LogP contribution in [0.1, 0.15) is 25.7 Å². The van der Waals surface area contributed by atoms with Crippen molar-refractivity contribution >= 4 is 9.84 Å². The number of hydrogen-bond acceptors (Lipinski definition) is 2. The summed E-state index contributed by atoms with van der Waals surface area (Å²) in [5.41, 5.74) is -0.113. The van der Waals surface area contributed by atoms with Gasteiger partial charge in [-0.2, -0.15) is 0 Å². The zero-order valence-electron chi connectivity index (χ0n) is 8.78. The molecule has 82 valence electrons. The molecule has 3 rings (SSSR count). The van der Waals surface area contributed by atoms with Crippen molar-refractivity contribution in [2.45, 2.75) is 25.7 Å². The molecule has 0 bridgehead atoms. The van der Waals surface area contributed by atoms with Crippen molar-refractivity contribution in [2.75, 3.05) is 11.5 Å². The minimum Gasteiger partial charge on any atom is -0.229 e. The molecule has 0 N–H and O–H groups in total. The second-order valence-electron chi connectivity index (χ2n) is 5.27. The quantitative estimate of drug-likeness (QED) is 0.631. The molecule has 3 aliphatic rings. The minimum atomic E-state index is -2.83. The van der Waals surface area contributed by atoms with Crippen LogP contribution in [0.25, 0.3) is 0 Å². The van der Waals surface area contributed by atoms with E-state index in [0.717, 1.165) is 12.8 Å². The average Bonchev–Trinajstić information content (AvgIpc) is 2.42. The van der Waals surface area contributed by atoms with Crippen molar-refractivity contribution in [3.8, 4) is 0 Å². The van der Waals surface area contributed by atoms with Gasteiger partial charge in [-0.25, -0.2) is 8.42 Å². The SMILES string of the molecule is O=S1(=O)C[C@@]23C=CC=C[C@@]2(CCCC3)C1. The van der Waals surface area contributed by atoms with Crippen molar-refractivity contribution in [1.82, 2.24) is 0 Å². The second-order valence-corrected chi connectivity index (χ2v) is 7.33. The highest BCUT2D eigenvalue weighted by molar-refractivity contribution is 7.91. The molecule has 1 aliphatic heterocycles. The topological polar surface area (TPSA) is 34.1 Å². The van der Waals surface area contributed by atoms with Crippen LogP contribution in [0.4, 0.5) is 0 Å². The van der Waals surface area contributed by atoms with Crippen LogP contribution in [0.15, 0.2) is 24.3 Å². The Labute approximate surface area is 91.0 Å². The van der Waals surface area contributed by atoms with Gasteiger partial charge in [0.05, 0.1) is 11.5 Å². The van der Waals surface area contributed by atoms with Gasteiger partial charge in [0.25, 0.3) is 0 Å². The first-order chi connectivity index (χ1) is 7.08. The maximum atomic E-state index is 11.9. The Hall–Kier alpha value is -0.570. The van der Waals surface area contributed by atoms with E-state index in [2.05, 4.69) is 12.2 Å². The first kappa shape index (κ1) is 9.64. The Morgan fingerprint density at radius 1 is 0.867 bits per heavy atom. The first-order valence-electron chi connectivity index (χ1n) is 5.65. The number of allylic oxidation sites excluding steroid dienone is 4. The molecule has 0 aromatic rings. The van der Waals surface area contributed by atoms with Crippen LogP contribution in [-0.4, -0.2) is 19.9 Å². The Kier molecular flexibility index (Phi) is 1.77. The summed E-state index contributed by atoms with van der Waals surface area (Å²) < 4.78 is 23.8. The monoisotopic (exact) mass is 224 g/mol. The summed E-state index contributed by atoms with van der Waals surface area (Å²) in [7, 11) is -2.83. The van der Waals surface area contributed by atoms with Gasteiger partial charge in [-0.15, -0.1) is 0 Å². The Bertz CT molecular complexity index is 410. The fourth-order valence-electron chi connectivity index (χ4n) is 3.72. The molecule has 0 spiro atoms. The summed E-state index contributed by atoms with van der Waals surface area (Å²) in [6.45, 7) is 0. The van der Waals surface area contributed by atoms with Gasteiger partial charge in [0.2, 0.25) is 0 Å². The zero-order valence-corrected chi connectivity index (χ0v) is 9.59. The molecule has 1 heterocycles. The third-order valence-electron chi connectivity index (χ3n) is 4.38. The summed E-state index contributed by atoms with van der Waals surface area (Å²) in [5.74, 6) is 0.752. The number of rotatable bonds is 0. The molecule has 2 fully saturated rings. The molecule has 2 nitrogen and oxygen atoms in total. The maximum Gasteiger partial charge on any atom is 0.152 e. The molecule has 2 aliphatic carbocycles. The summed E-state index contributed by atoms with van der Waals surface area (Å²) in [4.78, 5) is 0. The van der Waals surface area contributed by atoms with Crippen LogP contribution in [0, 0.1) is 10.8 Å². The Balaban J connectivity index is 2.17. The number of hydrogen-bond donors (Lipinski definition) is 0. The highest BCUT2D eigenvalue weighted by Crippen LogP contribution is 2.59. The van der Waals surface area contributed by atoms with Crippen LogP contribution in [0.3, 0.4) is 0 Å². The lowest BCUT2D eigenvalue weighted by Gasteiger charge is -2.46. The van der Waals surface area contributed by atoms with E-state index in [1.807, 2.05) is 12.2 Å². The molecule has 15 heavy (non-hydrogen) atoms. The second kappa shape index (κ2) is 2.76. The summed E-state index contributed by atoms with van der Waals surface area (Å²) in [6.07, 6.45) is 12.8. The van der Waals surface area contributed by atoms with Gasteiger partial charge >= 0.3 is 0 Å². The third kappa shape index (κ3) is 1.19. The summed E-state index contributed by atoms with van der Waals surface area (Å²) in [5, 5.41) is 0. The molecule has 0 aromatic heterocycles. The van der Waals surface area contributed by atoms with E-state index in [1.54, 1.807) is 0 Å². The van der Waals surface area contributed by atoms with Crippen molar-refractivity contribution < 1.29 is 8.42 Å². The van der Waals surface area contributed by atoms with Crippen molar-refractivity contribution in [3.63, 3.8) is 0 Å². The molecular weight excluding hydrogens is 208 g/mol. The van der Waals surface area contributed by atoms with Gasteiger partial charge < -0.3 is 0 Å². The standard InChI is InChI=1S/C12H16O2S/c13-15(14)9-11-5-1-2-6-12(11,10-15)8-4-3-7-11/h1-2,5-6H,3-4,7-10H2/t11-,12+. The number of sulfone groups is 1. The van der Waals surface area contributed by atoms with Crippen LogP contribution >= 0.6 is 0 Å². The average molecular weight is 224 g/mol. The lowest BCUT2D eigenvalue weighted by atomic mass is 9.56. The largest absolute Gasteiger partial charge is 0.229 e. The molecule has 3 heteroatoms. The lowest BCUT2D eigenvalue weighted by molar-refractivity contribution is 0.131. The van der Waals surface area contributed by atoms with Crippen LogP contribution in [-0.2, 0) is 9.84 Å². The smallest absolute Gasteiger partial charge is 0.152 e. The molecule has 0 aromatic carbocycles. The fraction of sp³-hybridized carbons (Fsp3) is 0.667. The molecule has 2 atom stereocenters. The minimum absolute atomic E-state index is 0.0567. The summed E-state index contributed by atoms with van der Waals surface area (Å²) in [6, 6.07) is 0. The third-order valence-corrected chi connectivity index (χ3v) is 6.29. The van der Waals surface area contributed by atoms with Gasteiger partial charge in [-0.1, -0.05) is 37.1 Å². The van der Waals surface area contributed by atoms with E-state index in [4.69, 9.17) is 0 Å². The van der Waals surface area contributed by atoms with Crippen molar-refractivity contribution in [3.05, 3.63) is 24.3 Å². The molecule has 0 amide bonds. The van der Waals surface area contributed by atoms with Crippen molar-refractivity contribution in [2.24, 2.45) is 10.8 Å². The highest BCUT2D eigenvalue weighted by Gasteiger charge is 2.59. The highest BCUT2D eigenvalue weighted by atomic mass is 32.2. The molecule has 0 radical (unpaired) electrons. The van der Waals surface area contributed by atoms with Crippen LogP contribution < -0.4 is 0 Å². The van der Waals surface area contributed by atoms with E-state index in [-0.39, 0.29) is 10.8 Å². The van der Waals surface area contributed by atoms with Crippen LogP contribution in [0.5, 0.6) is 0 Å². The van der Waals surface area contributed by atoms with Crippen molar-refractivity contribution in [1.29, 1.82) is 0 Å². The van der Waals surface area contributed by atoms with Gasteiger partial charge in [-0.3, -0.25) is 0 Å². The van der Waals surface area contributed by atoms with Gasteiger partial charge in [-0.05, 0) is 12.8 Å². The Morgan fingerprint density at radius 2 is 1.33 bits per heavy atom. The fourth-order valence-corrected chi connectivity index (χ4v) is 6.45. The zero-order chi connectivity index (χ0) is 10.6. The van der Waals surface area contributed by atoms with E-state index in [9.17, 15) is 8.42 Å². The van der Waals surface area contributed by atoms with E-state index in [0.29, 0.717) is 11.5 Å². The van der Waals surface area contributed by atoms with Gasteiger partial charge in [0, 0.05) is 10.8 Å². The predicted molar refractivity (Wildman–Crippen MR) is 60.3 cm³/mol. The van der Waals surface area contributed by atoms with E-state index >= 15 is 0 Å². The molecule has 0 unspecified atom stereocenters. The maximum absolute atomic E-state index is 11.9. The molecule has 1 saturated carbocycles. The van der Waals surface area contributed by atoms with Gasteiger partial charge in [0.15, 0.2) is 9.84 Å². The Morgan fingerprint density at radius 3 is 1.80 bits per heavy atom. The predicted octanol–water partition coefficient (Wildman–Crippen LogP) is 2.09. The molecular formula is C12H16O2S. The lowest BCUT2D eigenvalue weighted by Crippen LogP contribution is -2.42.